The summed E-state index contributed by atoms with van der Waals surface area (Å²) in [6.45, 7) is 10.7. The molecule has 4 heteroatoms. The Kier molecular flexibility index (Phi) is 7.18. The molecule has 21 heavy (non-hydrogen) atoms. The Hall–Kier alpha value is -1.60. The van der Waals surface area contributed by atoms with Crippen molar-refractivity contribution < 1.29 is 4.39 Å². The van der Waals surface area contributed by atoms with E-state index in [-0.39, 0.29) is 11.9 Å². The van der Waals surface area contributed by atoms with Gasteiger partial charge in [0, 0.05) is 24.8 Å². The van der Waals surface area contributed by atoms with E-state index in [0.29, 0.717) is 18.9 Å². The molecule has 1 aromatic carbocycles. The van der Waals surface area contributed by atoms with E-state index in [1.165, 1.54) is 6.07 Å². The second-order valence-electron chi connectivity index (χ2n) is 5.73. The molecule has 116 valence electrons. The lowest BCUT2D eigenvalue weighted by molar-refractivity contribution is 0.571. The van der Waals surface area contributed by atoms with Crippen LogP contribution in [0.25, 0.3) is 0 Å². The van der Waals surface area contributed by atoms with Crippen LogP contribution in [0.2, 0.25) is 0 Å². The number of hydrogen-bond donors (Lipinski definition) is 1. The molecule has 0 amide bonds. The number of nitrogens with one attached hydrogen (secondary N) is 1. The van der Waals surface area contributed by atoms with Crippen molar-refractivity contribution in [3.8, 4) is 6.07 Å². The van der Waals surface area contributed by atoms with Crippen molar-refractivity contribution in [2.45, 2.75) is 40.2 Å². The predicted molar refractivity (Wildman–Crippen MR) is 85.8 cm³/mol. The van der Waals surface area contributed by atoms with E-state index in [0.717, 1.165) is 24.3 Å². The topological polar surface area (TPSA) is 39.1 Å². The normalized spacial score (nSPS) is 12.2. The fraction of sp³-hybridized carbons (Fsp3) is 0.588. The molecule has 0 saturated heterocycles. The molecule has 1 N–H and O–H groups in total. The van der Waals surface area contributed by atoms with Gasteiger partial charge in [-0.15, -0.1) is 0 Å². The molecule has 3 nitrogen and oxygen atoms in total. The van der Waals surface area contributed by atoms with Gasteiger partial charge < -0.3 is 10.2 Å². The Labute approximate surface area is 127 Å². The Morgan fingerprint density at radius 2 is 2.05 bits per heavy atom. The number of hydrogen-bond acceptors (Lipinski definition) is 3. The molecule has 1 aromatic rings. The van der Waals surface area contributed by atoms with Crippen molar-refractivity contribution in [1.82, 2.24) is 5.32 Å². The largest absolute Gasteiger partial charge is 0.370 e. The highest BCUT2D eigenvalue weighted by molar-refractivity contribution is 5.55. The lowest BCUT2D eigenvalue weighted by atomic mass is 10.0. The van der Waals surface area contributed by atoms with Gasteiger partial charge in [-0.05, 0) is 43.1 Å². The van der Waals surface area contributed by atoms with Gasteiger partial charge in [-0.25, -0.2) is 4.39 Å². The lowest BCUT2D eigenvalue weighted by Gasteiger charge is -2.30. The second-order valence-corrected chi connectivity index (χ2v) is 5.73. The zero-order chi connectivity index (χ0) is 15.8. The molecule has 0 radical (unpaired) electrons. The fourth-order valence-corrected chi connectivity index (χ4v) is 2.51. The van der Waals surface area contributed by atoms with Gasteiger partial charge in [0.25, 0.3) is 0 Å². The SMILES string of the molecule is CCNC(C)c1cc(F)ccc1N(CCC#N)CC(C)C. The van der Waals surface area contributed by atoms with Crippen LogP contribution >= 0.6 is 0 Å². The summed E-state index contributed by atoms with van der Waals surface area (Å²) < 4.78 is 13.6. The standard InChI is InChI=1S/C17H26FN3/c1-5-20-14(4)16-11-15(18)7-8-17(16)21(10-6-9-19)12-13(2)3/h7-8,11,13-14,20H,5-6,10,12H2,1-4H3. The van der Waals surface area contributed by atoms with Gasteiger partial charge in [0.2, 0.25) is 0 Å². The van der Waals surface area contributed by atoms with Crippen LogP contribution in [0.15, 0.2) is 18.2 Å². The molecule has 0 spiro atoms. The van der Waals surface area contributed by atoms with Gasteiger partial charge in [-0.1, -0.05) is 20.8 Å². The zero-order valence-corrected chi connectivity index (χ0v) is 13.5. The Morgan fingerprint density at radius 3 is 2.62 bits per heavy atom. The van der Waals surface area contributed by atoms with E-state index >= 15 is 0 Å². The minimum Gasteiger partial charge on any atom is -0.370 e. The van der Waals surface area contributed by atoms with Crippen molar-refractivity contribution in [3.05, 3.63) is 29.6 Å². The van der Waals surface area contributed by atoms with Crippen LogP contribution in [0.4, 0.5) is 10.1 Å². The maximum atomic E-state index is 13.6. The summed E-state index contributed by atoms with van der Waals surface area (Å²) in [7, 11) is 0. The fourth-order valence-electron chi connectivity index (χ4n) is 2.51. The van der Waals surface area contributed by atoms with E-state index in [1.807, 2.05) is 19.9 Å². The number of benzene rings is 1. The summed E-state index contributed by atoms with van der Waals surface area (Å²) in [5.74, 6) is 0.263. The molecule has 1 unspecified atom stereocenters. The third kappa shape index (κ3) is 5.35. The maximum Gasteiger partial charge on any atom is 0.123 e. The Balaban J connectivity index is 3.13. The van der Waals surface area contributed by atoms with Gasteiger partial charge in [0.05, 0.1) is 12.5 Å². The van der Waals surface area contributed by atoms with Crippen LogP contribution in [-0.4, -0.2) is 19.6 Å². The molecule has 0 saturated carbocycles. The number of rotatable bonds is 8. The van der Waals surface area contributed by atoms with Gasteiger partial charge in [0.1, 0.15) is 5.82 Å². The average Bonchev–Trinajstić information content (AvgIpc) is 2.43. The van der Waals surface area contributed by atoms with Crippen LogP contribution < -0.4 is 10.2 Å². The summed E-state index contributed by atoms with van der Waals surface area (Å²) in [5, 5.41) is 12.2. The highest BCUT2D eigenvalue weighted by Crippen LogP contribution is 2.28. The first-order valence-electron chi connectivity index (χ1n) is 7.64. The maximum absolute atomic E-state index is 13.6. The summed E-state index contributed by atoms with van der Waals surface area (Å²) in [4.78, 5) is 2.19. The minimum atomic E-state index is -0.219. The molecule has 0 fully saturated rings. The van der Waals surface area contributed by atoms with E-state index < -0.39 is 0 Å². The van der Waals surface area contributed by atoms with Gasteiger partial charge in [-0.2, -0.15) is 5.26 Å². The number of nitrogens with zero attached hydrogens (tertiary/aromatic N) is 2. The Morgan fingerprint density at radius 1 is 1.33 bits per heavy atom. The summed E-state index contributed by atoms with van der Waals surface area (Å²) in [5.41, 5.74) is 1.98. The van der Waals surface area contributed by atoms with Crippen LogP contribution in [0, 0.1) is 23.1 Å². The minimum absolute atomic E-state index is 0.0810. The molecule has 0 aliphatic carbocycles. The monoisotopic (exact) mass is 291 g/mol. The molecule has 1 atom stereocenters. The van der Waals surface area contributed by atoms with Gasteiger partial charge >= 0.3 is 0 Å². The quantitative estimate of drug-likeness (QED) is 0.790. The van der Waals surface area contributed by atoms with E-state index in [1.54, 1.807) is 6.07 Å². The van der Waals surface area contributed by atoms with Crippen LogP contribution in [0.1, 0.15) is 45.7 Å². The molecule has 0 heterocycles. The molecule has 0 aromatic heterocycles. The average molecular weight is 291 g/mol. The van der Waals surface area contributed by atoms with Crippen molar-refractivity contribution >= 4 is 5.69 Å². The first-order valence-corrected chi connectivity index (χ1v) is 7.64. The summed E-state index contributed by atoms with van der Waals surface area (Å²) in [6, 6.07) is 7.20. The van der Waals surface area contributed by atoms with Crippen molar-refractivity contribution in [3.63, 3.8) is 0 Å². The van der Waals surface area contributed by atoms with Crippen molar-refractivity contribution in [2.75, 3.05) is 24.5 Å². The first-order chi connectivity index (χ1) is 9.99. The van der Waals surface area contributed by atoms with Crippen LogP contribution in [0.5, 0.6) is 0 Å². The van der Waals surface area contributed by atoms with Crippen LogP contribution in [0.3, 0.4) is 0 Å². The highest BCUT2D eigenvalue weighted by atomic mass is 19.1. The smallest absolute Gasteiger partial charge is 0.123 e. The van der Waals surface area contributed by atoms with Gasteiger partial charge in [0.15, 0.2) is 0 Å². The van der Waals surface area contributed by atoms with Gasteiger partial charge in [-0.3, -0.25) is 0 Å². The molecule has 0 bridgehead atoms. The third-order valence-corrected chi connectivity index (χ3v) is 3.39. The van der Waals surface area contributed by atoms with Crippen LogP contribution in [-0.2, 0) is 0 Å². The summed E-state index contributed by atoms with van der Waals surface area (Å²) >= 11 is 0. The highest BCUT2D eigenvalue weighted by Gasteiger charge is 2.17. The second kappa shape index (κ2) is 8.63. The predicted octanol–water partition coefficient (Wildman–Crippen LogP) is 3.87. The third-order valence-electron chi connectivity index (χ3n) is 3.39. The number of anilines is 1. The first kappa shape index (κ1) is 17.5. The molecular weight excluding hydrogens is 265 g/mol. The lowest BCUT2D eigenvalue weighted by Crippen LogP contribution is -2.31. The van der Waals surface area contributed by atoms with E-state index in [2.05, 4.69) is 30.1 Å². The van der Waals surface area contributed by atoms with E-state index in [4.69, 9.17) is 5.26 Å². The molecule has 0 aliphatic heterocycles. The van der Waals surface area contributed by atoms with Crippen molar-refractivity contribution in [1.29, 1.82) is 5.26 Å². The number of nitriles is 1. The van der Waals surface area contributed by atoms with E-state index in [9.17, 15) is 4.39 Å². The molecular formula is C17H26FN3. The Bertz CT molecular complexity index is 479. The summed E-state index contributed by atoms with van der Waals surface area (Å²) in [6.07, 6.45) is 0.471. The molecule has 1 rings (SSSR count). The zero-order valence-electron chi connectivity index (χ0n) is 13.5. The van der Waals surface area contributed by atoms with Crippen molar-refractivity contribution in [2.24, 2.45) is 5.92 Å². The molecule has 0 aliphatic rings. The number of halogens is 1.